The van der Waals surface area contributed by atoms with E-state index in [1.807, 2.05) is 28.7 Å². The lowest BCUT2D eigenvalue weighted by Gasteiger charge is -2.22. The molecule has 0 aromatic carbocycles. The van der Waals surface area contributed by atoms with E-state index in [4.69, 9.17) is 15.2 Å². The van der Waals surface area contributed by atoms with Crippen molar-refractivity contribution in [1.82, 2.24) is 24.5 Å². The van der Waals surface area contributed by atoms with Gasteiger partial charge in [-0.15, -0.1) is 0 Å². The zero-order valence-electron chi connectivity index (χ0n) is 20.3. The number of rotatable bonds is 11. The molecule has 3 aromatic heterocycles. The van der Waals surface area contributed by atoms with E-state index < -0.39 is 11.9 Å². The molecule has 0 spiro atoms. The van der Waals surface area contributed by atoms with Crippen LogP contribution in [0.15, 0.2) is 36.8 Å². The largest absolute Gasteiger partial charge is 0.464 e. The fourth-order valence-corrected chi connectivity index (χ4v) is 4.61. The smallest absolute Gasteiger partial charge is 0.360 e. The Morgan fingerprint density at radius 3 is 2.86 bits per heavy atom. The Hall–Kier alpha value is -3.22. The van der Waals surface area contributed by atoms with Gasteiger partial charge in [0.05, 0.1) is 30.7 Å². The minimum atomic E-state index is -0.619. The number of anilines is 1. The Labute approximate surface area is 213 Å². The number of carbonyl (C=O) groups is 2. The van der Waals surface area contributed by atoms with Crippen molar-refractivity contribution < 1.29 is 19.1 Å². The number of thioether (sulfide) groups is 1. The maximum atomic E-state index is 13.1. The molecule has 4 heterocycles. The molecule has 1 saturated heterocycles. The highest BCUT2D eigenvalue weighted by Gasteiger charge is 2.24. The number of aryl methyl sites for hydroxylation is 1. The molecule has 4 rings (SSSR count). The number of carbonyl (C=O) groups excluding carboxylic acids is 2. The monoisotopic (exact) mass is 513 g/mol. The number of pyridine rings is 1. The molecule has 0 bridgehead atoms. The van der Waals surface area contributed by atoms with Gasteiger partial charge in [0.15, 0.2) is 5.69 Å². The molecule has 3 N–H and O–H groups in total. The van der Waals surface area contributed by atoms with Crippen LogP contribution in [0.25, 0.3) is 11.3 Å². The summed E-state index contributed by atoms with van der Waals surface area (Å²) in [6.07, 6.45) is 7.87. The fraction of sp³-hybridized carbons (Fsp3) is 0.458. The molecule has 11 nitrogen and oxygen atoms in total. The van der Waals surface area contributed by atoms with E-state index in [0.717, 1.165) is 42.9 Å². The Morgan fingerprint density at radius 1 is 1.25 bits per heavy atom. The molecule has 1 amide bonds. The van der Waals surface area contributed by atoms with E-state index in [1.54, 1.807) is 29.2 Å². The molecule has 0 saturated carbocycles. The summed E-state index contributed by atoms with van der Waals surface area (Å²) in [5.41, 5.74) is 7.53. The SMILES string of the molecule is COC(=O)c1nn(C2CCOCC2)cc1NC(=O)c1cccc(-c2cnn(CCCSCCN)c2)n1. The molecule has 0 unspecified atom stereocenters. The molecule has 192 valence electrons. The number of aromatic nitrogens is 5. The number of ether oxygens (including phenoxy) is 2. The number of hydrogen-bond donors (Lipinski definition) is 2. The molecule has 3 aromatic rings. The van der Waals surface area contributed by atoms with Gasteiger partial charge in [-0.25, -0.2) is 9.78 Å². The number of amides is 1. The van der Waals surface area contributed by atoms with E-state index in [0.29, 0.717) is 25.5 Å². The van der Waals surface area contributed by atoms with Gasteiger partial charge < -0.3 is 20.5 Å². The van der Waals surface area contributed by atoms with Gasteiger partial charge in [-0.1, -0.05) is 6.07 Å². The second-order valence-electron chi connectivity index (χ2n) is 8.32. The number of hydrogen-bond acceptors (Lipinski definition) is 9. The third-order valence-electron chi connectivity index (χ3n) is 5.77. The van der Waals surface area contributed by atoms with E-state index in [9.17, 15) is 9.59 Å². The van der Waals surface area contributed by atoms with Crippen LogP contribution in [0.2, 0.25) is 0 Å². The van der Waals surface area contributed by atoms with Crippen LogP contribution in [0.5, 0.6) is 0 Å². The van der Waals surface area contributed by atoms with Gasteiger partial charge in [-0.2, -0.15) is 22.0 Å². The lowest BCUT2D eigenvalue weighted by molar-refractivity contribution is 0.0583. The number of nitrogens with two attached hydrogens (primary N) is 1. The lowest BCUT2D eigenvalue weighted by Crippen LogP contribution is -2.20. The third kappa shape index (κ3) is 6.50. The predicted molar refractivity (Wildman–Crippen MR) is 137 cm³/mol. The van der Waals surface area contributed by atoms with Gasteiger partial charge in [0.25, 0.3) is 5.91 Å². The molecule has 12 heteroatoms. The first-order valence-corrected chi connectivity index (χ1v) is 13.1. The topological polar surface area (TPSA) is 139 Å². The van der Waals surface area contributed by atoms with Gasteiger partial charge in [0, 0.05) is 50.0 Å². The highest BCUT2D eigenvalue weighted by Crippen LogP contribution is 2.25. The summed E-state index contributed by atoms with van der Waals surface area (Å²) in [7, 11) is 1.28. The molecule has 1 fully saturated rings. The molecular weight excluding hydrogens is 482 g/mol. The van der Waals surface area contributed by atoms with Gasteiger partial charge in [-0.05, 0) is 37.1 Å². The fourth-order valence-electron chi connectivity index (χ4n) is 3.91. The number of nitrogens with zero attached hydrogens (tertiary/aromatic N) is 5. The average Bonchev–Trinajstić information content (AvgIpc) is 3.56. The number of nitrogens with one attached hydrogen (secondary N) is 1. The summed E-state index contributed by atoms with van der Waals surface area (Å²) in [6, 6.07) is 5.31. The minimum absolute atomic E-state index is 0.0550. The van der Waals surface area contributed by atoms with Crippen molar-refractivity contribution in [3.05, 3.63) is 48.2 Å². The van der Waals surface area contributed by atoms with Crippen LogP contribution in [0.1, 0.15) is 46.3 Å². The van der Waals surface area contributed by atoms with Crippen LogP contribution in [0, 0.1) is 0 Å². The second-order valence-corrected chi connectivity index (χ2v) is 9.54. The summed E-state index contributed by atoms with van der Waals surface area (Å²) >= 11 is 1.83. The van der Waals surface area contributed by atoms with Gasteiger partial charge in [0.2, 0.25) is 0 Å². The van der Waals surface area contributed by atoms with Crippen molar-refractivity contribution in [3.63, 3.8) is 0 Å². The normalized spacial score (nSPS) is 14.1. The zero-order chi connectivity index (χ0) is 25.3. The summed E-state index contributed by atoms with van der Waals surface area (Å²) < 4.78 is 13.9. The summed E-state index contributed by atoms with van der Waals surface area (Å²) in [6.45, 7) is 2.74. The van der Waals surface area contributed by atoms with E-state index in [1.165, 1.54) is 7.11 Å². The summed E-state index contributed by atoms with van der Waals surface area (Å²) in [4.78, 5) is 29.9. The number of methoxy groups -OCH3 is 1. The molecule has 36 heavy (non-hydrogen) atoms. The molecule has 0 radical (unpaired) electrons. The predicted octanol–water partition coefficient (Wildman–Crippen LogP) is 2.61. The van der Waals surface area contributed by atoms with Crippen LogP contribution in [-0.4, -0.2) is 74.8 Å². The molecule has 0 atom stereocenters. The average molecular weight is 514 g/mol. The first-order chi connectivity index (χ1) is 17.6. The second kappa shape index (κ2) is 12.7. The van der Waals surface area contributed by atoms with Crippen LogP contribution in [-0.2, 0) is 16.0 Å². The maximum absolute atomic E-state index is 13.1. The van der Waals surface area contributed by atoms with Crippen molar-refractivity contribution in [1.29, 1.82) is 0 Å². The van der Waals surface area contributed by atoms with Crippen molar-refractivity contribution >= 4 is 29.3 Å². The van der Waals surface area contributed by atoms with E-state index in [2.05, 4.69) is 20.5 Å². The molecule has 1 aliphatic rings. The van der Waals surface area contributed by atoms with E-state index in [-0.39, 0.29) is 23.1 Å². The first kappa shape index (κ1) is 25.9. The first-order valence-electron chi connectivity index (χ1n) is 11.9. The summed E-state index contributed by atoms with van der Waals surface area (Å²) in [5.74, 6) is 0.920. The Balaban J connectivity index is 1.46. The maximum Gasteiger partial charge on any atom is 0.360 e. The van der Waals surface area contributed by atoms with Gasteiger partial charge >= 0.3 is 5.97 Å². The summed E-state index contributed by atoms with van der Waals surface area (Å²) in [5, 5.41) is 11.6. The van der Waals surface area contributed by atoms with Gasteiger partial charge in [-0.3, -0.25) is 14.2 Å². The Morgan fingerprint density at radius 2 is 2.08 bits per heavy atom. The minimum Gasteiger partial charge on any atom is -0.464 e. The molecule has 0 aliphatic carbocycles. The Bertz CT molecular complexity index is 1170. The molecule has 1 aliphatic heterocycles. The Kier molecular flexibility index (Phi) is 9.09. The standard InChI is InChI=1S/C24H31N7O4S/c1-34-24(33)22-21(16-31(29-22)18-6-10-35-11-7-18)28-23(32)20-5-2-4-19(27-20)17-14-26-30(15-17)9-3-12-36-13-8-25/h2,4-5,14-16,18H,3,6-13,25H2,1H3,(H,28,32). The van der Waals surface area contributed by atoms with Crippen molar-refractivity contribution in [3.8, 4) is 11.3 Å². The highest BCUT2D eigenvalue weighted by atomic mass is 32.2. The van der Waals surface area contributed by atoms with Crippen molar-refractivity contribution in [2.45, 2.75) is 31.8 Å². The van der Waals surface area contributed by atoms with Crippen molar-refractivity contribution in [2.24, 2.45) is 5.73 Å². The molecular formula is C24H31N7O4S. The van der Waals surface area contributed by atoms with Crippen LogP contribution in [0.3, 0.4) is 0 Å². The van der Waals surface area contributed by atoms with Gasteiger partial charge in [0.1, 0.15) is 5.69 Å². The highest BCUT2D eigenvalue weighted by molar-refractivity contribution is 7.99. The number of esters is 1. The van der Waals surface area contributed by atoms with Crippen LogP contribution >= 0.6 is 11.8 Å². The quantitative estimate of drug-likeness (QED) is 0.292. The zero-order valence-corrected chi connectivity index (χ0v) is 21.1. The van der Waals surface area contributed by atoms with Crippen LogP contribution < -0.4 is 11.1 Å². The lowest BCUT2D eigenvalue weighted by atomic mass is 10.1. The van der Waals surface area contributed by atoms with Crippen LogP contribution in [0.4, 0.5) is 5.69 Å². The van der Waals surface area contributed by atoms with E-state index >= 15 is 0 Å². The van der Waals surface area contributed by atoms with Crippen molar-refractivity contribution in [2.75, 3.05) is 43.7 Å². The third-order valence-corrected chi connectivity index (χ3v) is 6.87.